The molecule has 152 valence electrons. The van der Waals surface area contributed by atoms with E-state index in [9.17, 15) is 22.5 Å². The fourth-order valence-electron chi connectivity index (χ4n) is 2.38. The maximum absolute atomic E-state index is 14.1. The maximum atomic E-state index is 14.1. The van der Waals surface area contributed by atoms with E-state index in [0.29, 0.717) is 5.56 Å². The third-order valence-corrected chi connectivity index (χ3v) is 5.46. The highest BCUT2D eigenvalue weighted by Crippen LogP contribution is 2.51. The number of methoxy groups -OCH3 is 1. The highest BCUT2D eigenvalue weighted by Gasteiger charge is 2.64. The molecule has 0 aliphatic carbocycles. The van der Waals surface area contributed by atoms with Gasteiger partial charge in [-0.25, -0.2) is 9.36 Å². The molecular formula is C17H23F3NO5P. The average molecular weight is 409 g/mol. The Hall–Kier alpha value is -1.67. The third-order valence-electron chi connectivity index (χ3n) is 3.60. The van der Waals surface area contributed by atoms with Crippen LogP contribution in [0.3, 0.4) is 0 Å². The number of hydrogen-bond acceptors (Lipinski definition) is 5. The van der Waals surface area contributed by atoms with Crippen LogP contribution in [0.25, 0.3) is 5.57 Å². The lowest BCUT2D eigenvalue weighted by molar-refractivity contribution is -0.207. The first-order chi connectivity index (χ1) is 12.5. The van der Waals surface area contributed by atoms with Crippen LogP contribution in [-0.4, -0.2) is 38.0 Å². The van der Waals surface area contributed by atoms with Gasteiger partial charge in [-0.1, -0.05) is 36.9 Å². The largest absolute Gasteiger partial charge is 0.467 e. The van der Waals surface area contributed by atoms with Crippen LogP contribution in [0.1, 0.15) is 25.8 Å². The molecule has 0 aliphatic rings. The molecule has 0 heterocycles. The van der Waals surface area contributed by atoms with Gasteiger partial charge < -0.3 is 4.74 Å². The van der Waals surface area contributed by atoms with Gasteiger partial charge >= 0.3 is 19.9 Å². The molecule has 0 spiro atoms. The van der Waals surface area contributed by atoms with Crippen LogP contribution in [0.4, 0.5) is 13.2 Å². The number of alkyl halides is 3. The highest BCUT2D eigenvalue weighted by atomic mass is 31.2. The molecule has 0 unspecified atom stereocenters. The number of esters is 1. The van der Waals surface area contributed by atoms with Crippen molar-refractivity contribution < 1.29 is 36.3 Å². The number of halogens is 3. The van der Waals surface area contributed by atoms with Gasteiger partial charge in [0, 0.05) is 6.42 Å². The number of carbonyl (C=O) groups is 1. The van der Waals surface area contributed by atoms with Crippen molar-refractivity contribution in [3.63, 3.8) is 0 Å². The van der Waals surface area contributed by atoms with Crippen molar-refractivity contribution in [2.75, 3.05) is 20.3 Å². The van der Waals surface area contributed by atoms with Crippen molar-refractivity contribution in [1.82, 2.24) is 5.09 Å². The molecule has 1 aromatic carbocycles. The molecule has 0 amide bonds. The topological polar surface area (TPSA) is 73.9 Å². The van der Waals surface area contributed by atoms with Crippen LogP contribution in [0.15, 0.2) is 36.9 Å². The van der Waals surface area contributed by atoms with E-state index >= 15 is 0 Å². The Balaban J connectivity index is 3.44. The van der Waals surface area contributed by atoms with Crippen molar-refractivity contribution >= 4 is 19.3 Å². The van der Waals surface area contributed by atoms with Crippen LogP contribution >= 0.6 is 7.75 Å². The Kier molecular flexibility index (Phi) is 8.23. The predicted molar refractivity (Wildman–Crippen MR) is 94.9 cm³/mol. The van der Waals surface area contributed by atoms with Gasteiger partial charge in [0.25, 0.3) is 0 Å². The minimum atomic E-state index is -5.18. The molecule has 0 aliphatic heterocycles. The summed E-state index contributed by atoms with van der Waals surface area (Å²) in [6, 6.07) is 8.01. The summed E-state index contributed by atoms with van der Waals surface area (Å²) in [6.45, 7) is 6.12. The lowest BCUT2D eigenvalue weighted by Crippen LogP contribution is -2.62. The number of carbonyl (C=O) groups excluding carboxylic acids is 1. The van der Waals surface area contributed by atoms with Crippen molar-refractivity contribution in [2.24, 2.45) is 0 Å². The van der Waals surface area contributed by atoms with Crippen molar-refractivity contribution in [3.05, 3.63) is 42.5 Å². The minimum absolute atomic E-state index is 0.00891. The van der Waals surface area contributed by atoms with E-state index in [4.69, 9.17) is 9.05 Å². The fourth-order valence-corrected chi connectivity index (χ4v) is 4.03. The Morgan fingerprint density at radius 1 is 1.15 bits per heavy atom. The summed E-state index contributed by atoms with van der Waals surface area (Å²) >= 11 is 0. The zero-order valence-electron chi connectivity index (χ0n) is 15.3. The van der Waals surface area contributed by atoms with Crippen molar-refractivity contribution in [3.8, 4) is 0 Å². The predicted octanol–water partition coefficient (Wildman–Crippen LogP) is 4.33. The van der Waals surface area contributed by atoms with E-state index in [1.807, 2.05) is 0 Å². The second-order valence-corrected chi connectivity index (χ2v) is 7.22. The lowest BCUT2D eigenvalue weighted by atomic mass is 9.88. The Morgan fingerprint density at radius 3 is 2.07 bits per heavy atom. The molecule has 1 rings (SSSR count). The van der Waals surface area contributed by atoms with Gasteiger partial charge in [-0.05, 0) is 25.0 Å². The molecule has 1 aromatic rings. The number of benzene rings is 1. The molecule has 10 heteroatoms. The van der Waals surface area contributed by atoms with Gasteiger partial charge in [-0.15, -0.1) is 0 Å². The molecule has 27 heavy (non-hydrogen) atoms. The second-order valence-electron chi connectivity index (χ2n) is 5.49. The highest BCUT2D eigenvalue weighted by molar-refractivity contribution is 7.51. The molecular weight excluding hydrogens is 386 g/mol. The number of rotatable bonds is 10. The van der Waals surface area contributed by atoms with E-state index in [1.165, 1.54) is 13.8 Å². The van der Waals surface area contributed by atoms with Crippen LogP contribution in [0.5, 0.6) is 0 Å². The summed E-state index contributed by atoms with van der Waals surface area (Å²) < 4.78 is 69.1. The van der Waals surface area contributed by atoms with Gasteiger partial charge in [0.2, 0.25) is 5.54 Å². The molecule has 0 fully saturated rings. The molecule has 1 atom stereocenters. The number of nitrogens with one attached hydrogen (secondary N) is 1. The molecule has 0 bridgehead atoms. The van der Waals surface area contributed by atoms with E-state index in [2.05, 4.69) is 11.3 Å². The van der Waals surface area contributed by atoms with Gasteiger partial charge in [-0.3, -0.25) is 9.05 Å². The molecule has 6 nitrogen and oxygen atoms in total. The summed E-state index contributed by atoms with van der Waals surface area (Å²) in [4.78, 5) is 12.3. The lowest BCUT2D eigenvalue weighted by Gasteiger charge is -2.36. The molecule has 0 radical (unpaired) electrons. The summed E-state index contributed by atoms with van der Waals surface area (Å²) in [6.07, 6.45) is -6.13. The van der Waals surface area contributed by atoms with E-state index in [0.717, 1.165) is 7.11 Å². The molecule has 1 N–H and O–H groups in total. The maximum Gasteiger partial charge on any atom is 0.418 e. The van der Waals surface area contributed by atoms with Crippen molar-refractivity contribution in [2.45, 2.75) is 32.0 Å². The minimum Gasteiger partial charge on any atom is -0.467 e. The smallest absolute Gasteiger partial charge is 0.418 e. The zero-order valence-corrected chi connectivity index (χ0v) is 16.2. The van der Waals surface area contributed by atoms with Gasteiger partial charge in [0.1, 0.15) is 0 Å². The summed E-state index contributed by atoms with van der Waals surface area (Å²) in [5, 5.41) is 1.79. The second kappa shape index (κ2) is 9.50. The van der Waals surface area contributed by atoms with Crippen LogP contribution < -0.4 is 5.09 Å². The number of hydrogen-bond donors (Lipinski definition) is 1. The monoisotopic (exact) mass is 409 g/mol. The van der Waals surface area contributed by atoms with Gasteiger partial charge in [0.05, 0.1) is 20.3 Å². The summed E-state index contributed by atoms with van der Waals surface area (Å²) in [7, 11) is -3.66. The Labute approximate surface area is 156 Å². The molecule has 0 aromatic heterocycles. The Bertz CT molecular complexity index is 686. The van der Waals surface area contributed by atoms with Crippen LogP contribution in [0, 0.1) is 0 Å². The zero-order chi connectivity index (χ0) is 20.7. The standard InChI is InChI=1S/C17H23F3NO5P/c1-5-25-27(23,26-6-2)21-16(15(22)24-4,17(18,19)20)12-13(3)14-10-8-7-9-11-14/h7-11H,3,5-6,12H2,1-2,4H3,(H,21,23)/t16-/m1/s1. The SMILES string of the molecule is C=C(C[C@@](NP(=O)(OCC)OCC)(C(=O)OC)C(F)(F)F)c1ccccc1. The number of ether oxygens (including phenoxy) is 1. The fraction of sp³-hybridized carbons (Fsp3) is 0.471. The first-order valence-electron chi connectivity index (χ1n) is 8.12. The average Bonchev–Trinajstić information content (AvgIpc) is 2.60. The summed E-state index contributed by atoms with van der Waals surface area (Å²) in [5.74, 6) is -1.67. The summed E-state index contributed by atoms with van der Waals surface area (Å²) in [5.41, 5.74) is -2.99. The molecule has 0 saturated heterocycles. The van der Waals surface area contributed by atoms with Crippen molar-refractivity contribution in [1.29, 1.82) is 0 Å². The third kappa shape index (κ3) is 5.65. The van der Waals surface area contributed by atoms with Gasteiger partial charge in [-0.2, -0.15) is 18.3 Å². The normalized spacial score (nSPS) is 14.4. The molecule has 0 saturated carbocycles. The first kappa shape index (κ1) is 23.4. The van der Waals surface area contributed by atoms with Gasteiger partial charge in [0.15, 0.2) is 0 Å². The van der Waals surface area contributed by atoms with E-state index in [1.54, 1.807) is 35.4 Å². The quantitative estimate of drug-likeness (QED) is 0.458. The Morgan fingerprint density at radius 2 is 1.67 bits per heavy atom. The van der Waals surface area contributed by atoms with Crippen LogP contribution in [0.2, 0.25) is 0 Å². The first-order valence-corrected chi connectivity index (χ1v) is 9.66. The van der Waals surface area contributed by atoms with Crippen LogP contribution in [-0.2, 0) is 23.1 Å². The van der Waals surface area contributed by atoms with E-state index < -0.39 is 31.9 Å². The van der Waals surface area contributed by atoms with E-state index in [-0.39, 0.29) is 18.8 Å².